The molecule has 1 atom stereocenters. The third-order valence-electron chi connectivity index (χ3n) is 6.59. The van der Waals surface area contributed by atoms with Gasteiger partial charge in [0, 0.05) is 5.02 Å². The summed E-state index contributed by atoms with van der Waals surface area (Å²) in [5.74, 6) is 0.647. The van der Waals surface area contributed by atoms with E-state index in [4.69, 9.17) is 30.8 Å². The van der Waals surface area contributed by atoms with Crippen molar-refractivity contribution in [2.24, 2.45) is 4.99 Å². The van der Waals surface area contributed by atoms with Gasteiger partial charge in [-0.15, -0.1) is 0 Å². The first-order valence-electron chi connectivity index (χ1n) is 12.8. The molecule has 0 aliphatic carbocycles. The number of hydrogen-bond acceptors (Lipinski definition) is 7. The van der Waals surface area contributed by atoms with Gasteiger partial charge < -0.3 is 14.2 Å². The Morgan fingerprint density at radius 1 is 1.12 bits per heavy atom. The Hall–Kier alpha value is -3.41. The molecule has 0 amide bonds. The van der Waals surface area contributed by atoms with E-state index in [1.807, 2.05) is 79.7 Å². The quantitative estimate of drug-likeness (QED) is 0.176. The van der Waals surface area contributed by atoms with E-state index in [0.717, 1.165) is 20.3 Å². The molecule has 3 aromatic carbocycles. The number of carbonyl (C=O) groups is 1. The Labute approximate surface area is 259 Å². The largest absolute Gasteiger partial charge is 0.493 e. The number of nitrogens with zero attached hydrogens (tertiary/aromatic N) is 2. The second kappa shape index (κ2) is 12.6. The van der Waals surface area contributed by atoms with Crippen LogP contribution in [-0.4, -0.2) is 24.8 Å². The van der Waals surface area contributed by atoms with Crippen LogP contribution in [0.3, 0.4) is 0 Å². The first-order chi connectivity index (χ1) is 19.8. The molecule has 2 heterocycles. The SMILES string of the molecule is CCC1=C(C(=O)OC)[C@H](c2ccccc2)n2c(s/c(=C/c3cc(I)c(OCc4cccc(Cl)c4)c(OC)c3)c2=O)=N1. The molecule has 4 aromatic rings. The summed E-state index contributed by atoms with van der Waals surface area (Å²) in [4.78, 5) is 32.1. The third kappa shape index (κ3) is 5.98. The zero-order valence-corrected chi connectivity index (χ0v) is 26.2. The summed E-state index contributed by atoms with van der Waals surface area (Å²) in [6.07, 6.45) is 2.33. The number of halogens is 2. The van der Waals surface area contributed by atoms with E-state index in [2.05, 4.69) is 22.6 Å². The second-order valence-corrected chi connectivity index (χ2v) is 11.8. The van der Waals surface area contributed by atoms with Gasteiger partial charge in [-0.1, -0.05) is 72.3 Å². The molecule has 1 aromatic heterocycles. The van der Waals surface area contributed by atoms with Crippen LogP contribution in [-0.2, 0) is 16.1 Å². The van der Waals surface area contributed by atoms with Crippen LogP contribution in [0.5, 0.6) is 11.5 Å². The Morgan fingerprint density at radius 2 is 1.90 bits per heavy atom. The maximum atomic E-state index is 13.9. The lowest BCUT2D eigenvalue weighted by molar-refractivity contribution is -0.136. The number of rotatable bonds is 8. The van der Waals surface area contributed by atoms with Crippen molar-refractivity contribution in [1.29, 1.82) is 0 Å². The van der Waals surface area contributed by atoms with Gasteiger partial charge in [0.15, 0.2) is 16.3 Å². The number of thiazole rings is 1. The van der Waals surface area contributed by atoms with Crippen molar-refractivity contribution in [3.05, 3.63) is 123 Å². The molecule has 0 fully saturated rings. The van der Waals surface area contributed by atoms with Crippen molar-refractivity contribution in [3.63, 3.8) is 0 Å². The number of fused-ring (bicyclic) bond motifs is 1. The van der Waals surface area contributed by atoms with Crippen LogP contribution in [0.4, 0.5) is 0 Å². The Kier molecular flexibility index (Phi) is 8.96. The lowest BCUT2D eigenvalue weighted by Crippen LogP contribution is -2.40. The summed E-state index contributed by atoms with van der Waals surface area (Å²) in [6.45, 7) is 2.26. The molecule has 0 N–H and O–H groups in total. The lowest BCUT2D eigenvalue weighted by atomic mass is 9.95. The highest BCUT2D eigenvalue weighted by Crippen LogP contribution is 2.35. The van der Waals surface area contributed by atoms with Gasteiger partial charge in [-0.25, -0.2) is 9.79 Å². The number of allylic oxidation sites excluding steroid dienone is 1. The lowest BCUT2D eigenvalue weighted by Gasteiger charge is -2.25. The van der Waals surface area contributed by atoms with Crippen molar-refractivity contribution >= 4 is 57.6 Å². The summed E-state index contributed by atoms with van der Waals surface area (Å²) < 4.78 is 19.8. The zero-order chi connectivity index (χ0) is 29.1. The number of methoxy groups -OCH3 is 2. The monoisotopic (exact) mass is 700 g/mol. The van der Waals surface area contributed by atoms with E-state index < -0.39 is 12.0 Å². The fourth-order valence-electron chi connectivity index (χ4n) is 4.71. The van der Waals surface area contributed by atoms with Gasteiger partial charge in [0.2, 0.25) is 0 Å². The molecular formula is C31H26ClIN2O5S. The standard InChI is InChI=1S/C31H26ClIN2O5S/c1-4-23-26(30(37)39-3)27(20-10-6-5-7-11-20)35-29(36)25(41-31(35)34-23)16-19-14-22(33)28(24(15-19)38-2)40-17-18-9-8-12-21(32)13-18/h5-16,27H,4,17H2,1-3H3/b25-16+/t27-/m0/s1. The fourth-order valence-corrected chi connectivity index (χ4v) is 6.73. The summed E-state index contributed by atoms with van der Waals surface area (Å²) in [5.41, 5.74) is 3.25. The Bertz CT molecular complexity index is 1830. The number of ether oxygens (including phenoxy) is 3. The Morgan fingerprint density at radius 3 is 2.59 bits per heavy atom. The van der Waals surface area contributed by atoms with Gasteiger partial charge in [0.05, 0.1) is 39.6 Å². The smallest absolute Gasteiger partial charge is 0.338 e. The predicted octanol–water partition coefficient (Wildman–Crippen LogP) is 5.64. The van der Waals surface area contributed by atoms with E-state index >= 15 is 0 Å². The first kappa shape index (κ1) is 29.1. The molecule has 0 saturated heterocycles. The normalized spacial score (nSPS) is 14.9. The summed E-state index contributed by atoms with van der Waals surface area (Å²) in [7, 11) is 2.92. The van der Waals surface area contributed by atoms with E-state index in [0.29, 0.717) is 50.2 Å². The molecule has 210 valence electrons. The minimum atomic E-state index is -0.645. The number of hydrogen-bond donors (Lipinski definition) is 0. The molecule has 5 rings (SSSR count). The van der Waals surface area contributed by atoms with Crippen LogP contribution in [0.1, 0.15) is 36.1 Å². The van der Waals surface area contributed by atoms with Crippen molar-refractivity contribution in [2.45, 2.75) is 26.0 Å². The summed E-state index contributed by atoms with van der Waals surface area (Å²) >= 11 is 9.59. The van der Waals surface area contributed by atoms with Crippen LogP contribution in [0.15, 0.2) is 87.8 Å². The zero-order valence-electron chi connectivity index (χ0n) is 22.5. The number of carbonyl (C=O) groups excluding carboxylic acids is 1. The average molecular weight is 701 g/mol. The van der Waals surface area contributed by atoms with Crippen molar-refractivity contribution in [3.8, 4) is 11.5 Å². The molecule has 0 radical (unpaired) electrons. The minimum absolute atomic E-state index is 0.241. The molecule has 0 unspecified atom stereocenters. The highest BCUT2D eigenvalue weighted by molar-refractivity contribution is 14.1. The van der Waals surface area contributed by atoms with E-state index in [1.54, 1.807) is 11.7 Å². The number of esters is 1. The maximum absolute atomic E-state index is 13.9. The summed E-state index contributed by atoms with van der Waals surface area (Å²) in [6, 6.07) is 20.1. The van der Waals surface area contributed by atoms with E-state index in [9.17, 15) is 9.59 Å². The molecule has 0 spiro atoms. The highest BCUT2D eigenvalue weighted by atomic mass is 127. The van der Waals surface area contributed by atoms with Crippen LogP contribution in [0.25, 0.3) is 6.08 Å². The second-order valence-electron chi connectivity index (χ2n) is 9.15. The van der Waals surface area contributed by atoms with E-state index in [-0.39, 0.29) is 5.56 Å². The van der Waals surface area contributed by atoms with Gasteiger partial charge >= 0.3 is 5.97 Å². The Balaban J connectivity index is 1.59. The molecule has 7 nitrogen and oxygen atoms in total. The molecule has 1 aliphatic rings. The molecule has 0 saturated carbocycles. The molecule has 10 heteroatoms. The number of benzene rings is 3. The van der Waals surface area contributed by atoms with Gasteiger partial charge in [0.25, 0.3) is 5.56 Å². The third-order valence-corrected chi connectivity index (χ3v) is 8.61. The molecule has 41 heavy (non-hydrogen) atoms. The first-order valence-corrected chi connectivity index (χ1v) is 15.0. The van der Waals surface area contributed by atoms with Crippen LogP contribution in [0.2, 0.25) is 5.02 Å². The topological polar surface area (TPSA) is 79.1 Å². The van der Waals surface area contributed by atoms with Gasteiger partial charge in [-0.05, 0) is 76.0 Å². The van der Waals surface area contributed by atoms with Gasteiger partial charge in [0.1, 0.15) is 6.61 Å². The van der Waals surface area contributed by atoms with Crippen LogP contribution >= 0.6 is 45.5 Å². The molecule has 0 bridgehead atoms. The highest BCUT2D eigenvalue weighted by Gasteiger charge is 2.33. The van der Waals surface area contributed by atoms with Gasteiger partial charge in [-0.3, -0.25) is 9.36 Å². The molecule has 1 aliphatic heterocycles. The number of aromatic nitrogens is 1. The van der Waals surface area contributed by atoms with E-state index in [1.165, 1.54) is 18.4 Å². The van der Waals surface area contributed by atoms with Gasteiger partial charge in [-0.2, -0.15) is 0 Å². The molecular weight excluding hydrogens is 675 g/mol. The predicted molar refractivity (Wildman–Crippen MR) is 168 cm³/mol. The summed E-state index contributed by atoms with van der Waals surface area (Å²) in [5, 5.41) is 0.642. The van der Waals surface area contributed by atoms with Crippen molar-refractivity contribution in [2.75, 3.05) is 14.2 Å². The van der Waals surface area contributed by atoms with Crippen molar-refractivity contribution in [1.82, 2.24) is 4.57 Å². The van der Waals surface area contributed by atoms with Crippen LogP contribution in [0, 0.1) is 3.57 Å². The van der Waals surface area contributed by atoms with Crippen LogP contribution < -0.4 is 24.4 Å². The fraction of sp³-hybridized carbons (Fsp3) is 0.194. The average Bonchev–Trinajstić information content (AvgIpc) is 3.29. The minimum Gasteiger partial charge on any atom is -0.493 e. The van der Waals surface area contributed by atoms with Crippen molar-refractivity contribution < 1.29 is 19.0 Å². The maximum Gasteiger partial charge on any atom is 0.338 e.